The van der Waals surface area contributed by atoms with Crippen molar-refractivity contribution in [1.82, 2.24) is 10.2 Å². The lowest BCUT2D eigenvalue weighted by Crippen LogP contribution is -2.44. The number of ether oxygens (including phenoxy) is 1. The molecule has 29 heavy (non-hydrogen) atoms. The molecule has 4 unspecified atom stereocenters. The number of carbonyl (C=O) groups excluding carboxylic acids is 1. The van der Waals surface area contributed by atoms with Crippen molar-refractivity contribution < 1.29 is 22.7 Å². The fraction of sp³-hybridized carbons (Fsp3) is 0.682. The number of halogens is 3. The van der Waals surface area contributed by atoms with Crippen molar-refractivity contribution in [3.8, 4) is 0 Å². The van der Waals surface area contributed by atoms with E-state index in [0.29, 0.717) is 19.4 Å². The third-order valence-electron chi connectivity index (χ3n) is 5.90. The average Bonchev–Trinajstić information content (AvgIpc) is 2.66. The maximum Gasteiger partial charge on any atom is 0.391 e. The van der Waals surface area contributed by atoms with Crippen LogP contribution in [0.2, 0.25) is 0 Å². The summed E-state index contributed by atoms with van der Waals surface area (Å²) >= 11 is 0. The van der Waals surface area contributed by atoms with Crippen LogP contribution in [-0.4, -0.2) is 42.3 Å². The molecule has 0 bridgehead atoms. The summed E-state index contributed by atoms with van der Waals surface area (Å²) in [4.78, 5) is 14.7. The van der Waals surface area contributed by atoms with E-state index in [2.05, 4.69) is 24.1 Å². The molecule has 2 aliphatic rings. The van der Waals surface area contributed by atoms with E-state index in [-0.39, 0.29) is 31.0 Å². The zero-order valence-electron chi connectivity index (χ0n) is 17.2. The molecule has 0 radical (unpaired) electrons. The highest BCUT2D eigenvalue weighted by Gasteiger charge is 2.43. The van der Waals surface area contributed by atoms with E-state index in [9.17, 15) is 18.0 Å². The summed E-state index contributed by atoms with van der Waals surface area (Å²) in [5.41, 5.74) is 2.15. The van der Waals surface area contributed by atoms with E-state index in [0.717, 1.165) is 25.2 Å². The van der Waals surface area contributed by atoms with Gasteiger partial charge < -0.3 is 10.1 Å². The standard InChI is InChI=1S/C22H31F3N2O2/c1-15-12-27(13-16(2)29-15)14-18-8-6-17(7-9-18)11-26-21(28)19-4-3-5-20(10-19)22(23,24)25/h6-9,15-16,19-20H,3-5,10-14H2,1-2H3,(H,26,28). The summed E-state index contributed by atoms with van der Waals surface area (Å²) in [6.45, 7) is 7.17. The molecule has 1 N–H and O–H groups in total. The van der Waals surface area contributed by atoms with Crippen molar-refractivity contribution in [3.05, 3.63) is 35.4 Å². The number of rotatable bonds is 5. The molecular weight excluding hydrogens is 381 g/mol. The second kappa shape index (κ2) is 9.47. The second-order valence-electron chi connectivity index (χ2n) is 8.59. The predicted octanol–water partition coefficient (Wildman–Crippen LogP) is 4.28. The molecule has 1 saturated heterocycles. The van der Waals surface area contributed by atoms with Crippen molar-refractivity contribution in [3.63, 3.8) is 0 Å². The number of hydrogen-bond donors (Lipinski definition) is 1. The number of hydrogen-bond acceptors (Lipinski definition) is 3. The Morgan fingerprint density at radius 2 is 1.72 bits per heavy atom. The van der Waals surface area contributed by atoms with Crippen LogP contribution in [0.4, 0.5) is 13.2 Å². The van der Waals surface area contributed by atoms with E-state index < -0.39 is 18.0 Å². The summed E-state index contributed by atoms with van der Waals surface area (Å²) in [6.07, 6.45) is -2.72. The molecule has 3 rings (SSSR count). The molecule has 4 nitrogen and oxygen atoms in total. The van der Waals surface area contributed by atoms with Gasteiger partial charge >= 0.3 is 6.18 Å². The van der Waals surface area contributed by atoms with Gasteiger partial charge in [-0.3, -0.25) is 9.69 Å². The van der Waals surface area contributed by atoms with Gasteiger partial charge in [-0.15, -0.1) is 0 Å². The normalized spacial score (nSPS) is 28.9. The van der Waals surface area contributed by atoms with Crippen molar-refractivity contribution in [2.24, 2.45) is 11.8 Å². The molecule has 1 heterocycles. The van der Waals surface area contributed by atoms with E-state index >= 15 is 0 Å². The van der Waals surface area contributed by atoms with E-state index in [1.54, 1.807) is 0 Å². The van der Waals surface area contributed by atoms with Gasteiger partial charge in [0.1, 0.15) is 0 Å². The first-order valence-corrected chi connectivity index (χ1v) is 10.5. The Balaban J connectivity index is 1.47. The molecule has 1 saturated carbocycles. The summed E-state index contributed by atoms with van der Waals surface area (Å²) in [5.74, 6) is -2.16. The first-order valence-electron chi connectivity index (χ1n) is 10.5. The van der Waals surface area contributed by atoms with Crippen LogP contribution >= 0.6 is 0 Å². The fourth-order valence-corrected chi connectivity index (χ4v) is 4.49. The zero-order valence-corrected chi connectivity index (χ0v) is 17.2. The topological polar surface area (TPSA) is 41.6 Å². The Morgan fingerprint density at radius 1 is 1.10 bits per heavy atom. The Hall–Kier alpha value is -1.60. The molecular formula is C22H31F3N2O2. The highest BCUT2D eigenvalue weighted by atomic mass is 19.4. The van der Waals surface area contributed by atoms with Gasteiger partial charge in [-0.1, -0.05) is 30.7 Å². The molecule has 1 aromatic carbocycles. The molecule has 0 aromatic heterocycles. The first kappa shape index (κ1) is 22.1. The number of benzene rings is 1. The first-order chi connectivity index (χ1) is 13.7. The Kier molecular flexibility index (Phi) is 7.22. The summed E-state index contributed by atoms with van der Waals surface area (Å²) in [5, 5.41) is 2.82. The fourth-order valence-electron chi connectivity index (χ4n) is 4.49. The number of carbonyl (C=O) groups is 1. The van der Waals surface area contributed by atoms with Crippen molar-refractivity contribution >= 4 is 5.91 Å². The SMILES string of the molecule is CC1CN(Cc2ccc(CNC(=O)C3CCCC(C(F)(F)F)C3)cc2)CC(C)O1. The minimum absolute atomic E-state index is 0.0926. The molecule has 162 valence electrons. The van der Waals surface area contributed by atoms with Crippen molar-refractivity contribution in [1.29, 1.82) is 0 Å². The second-order valence-corrected chi connectivity index (χ2v) is 8.59. The molecule has 1 aliphatic heterocycles. The minimum atomic E-state index is -4.20. The predicted molar refractivity (Wildman–Crippen MR) is 105 cm³/mol. The third kappa shape index (κ3) is 6.44. The van der Waals surface area contributed by atoms with Crippen LogP contribution in [0.5, 0.6) is 0 Å². The summed E-state index contributed by atoms with van der Waals surface area (Å²) in [7, 11) is 0. The van der Waals surface area contributed by atoms with Crippen LogP contribution in [0.1, 0.15) is 50.7 Å². The lowest BCUT2D eigenvalue weighted by Gasteiger charge is -2.35. The molecule has 4 atom stereocenters. The van der Waals surface area contributed by atoms with Gasteiger partial charge in [0.15, 0.2) is 0 Å². The number of nitrogens with zero attached hydrogens (tertiary/aromatic N) is 1. The van der Waals surface area contributed by atoms with Gasteiger partial charge in [0.25, 0.3) is 0 Å². The zero-order chi connectivity index (χ0) is 21.0. The monoisotopic (exact) mass is 412 g/mol. The molecule has 1 amide bonds. The Labute approximate surface area is 170 Å². The highest BCUT2D eigenvalue weighted by Crippen LogP contribution is 2.39. The van der Waals surface area contributed by atoms with E-state index in [1.165, 1.54) is 5.56 Å². The van der Waals surface area contributed by atoms with E-state index in [4.69, 9.17) is 4.74 Å². The molecule has 7 heteroatoms. The molecule has 1 aromatic rings. The van der Waals surface area contributed by atoms with Gasteiger partial charge in [0.05, 0.1) is 18.1 Å². The molecule has 0 spiro atoms. The number of nitrogens with one attached hydrogen (secondary N) is 1. The minimum Gasteiger partial charge on any atom is -0.373 e. The van der Waals surface area contributed by atoms with Gasteiger partial charge in [-0.05, 0) is 44.2 Å². The van der Waals surface area contributed by atoms with Crippen LogP contribution < -0.4 is 5.32 Å². The van der Waals surface area contributed by atoms with Gasteiger partial charge in [-0.25, -0.2) is 0 Å². The summed E-state index contributed by atoms with van der Waals surface area (Å²) in [6, 6.07) is 8.05. The van der Waals surface area contributed by atoms with Crippen LogP contribution in [-0.2, 0) is 22.6 Å². The third-order valence-corrected chi connectivity index (χ3v) is 5.90. The molecule has 1 aliphatic carbocycles. The van der Waals surface area contributed by atoms with Crippen molar-refractivity contribution in [2.45, 2.75) is 71.0 Å². The van der Waals surface area contributed by atoms with Crippen molar-refractivity contribution in [2.75, 3.05) is 13.1 Å². The Bertz CT molecular complexity index is 668. The maximum atomic E-state index is 12.9. The van der Waals surface area contributed by atoms with E-state index in [1.807, 2.05) is 24.3 Å². The highest BCUT2D eigenvalue weighted by molar-refractivity contribution is 5.78. The van der Waals surface area contributed by atoms with Gasteiger partial charge in [-0.2, -0.15) is 13.2 Å². The van der Waals surface area contributed by atoms with Crippen LogP contribution in [0.15, 0.2) is 24.3 Å². The number of amides is 1. The Morgan fingerprint density at radius 3 is 2.34 bits per heavy atom. The average molecular weight is 412 g/mol. The van der Waals surface area contributed by atoms with Gasteiger partial charge in [0.2, 0.25) is 5.91 Å². The molecule has 2 fully saturated rings. The number of morpholine rings is 1. The smallest absolute Gasteiger partial charge is 0.373 e. The van der Waals surface area contributed by atoms with Crippen LogP contribution in [0, 0.1) is 11.8 Å². The lowest BCUT2D eigenvalue weighted by molar-refractivity contribution is -0.186. The maximum absolute atomic E-state index is 12.9. The lowest BCUT2D eigenvalue weighted by atomic mass is 9.80. The van der Waals surface area contributed by atoms with Crippen LogP contribution in [0.25, 0.3) is 0 Å². The number of alkyl halides is 3. The van der Waals surface area contributed by atoms with Gasteiger partial charge in [0, 0.05) is 32.1 Å². The van der Waals surface area contributed by atoms with Crippen LogP contribution in [0.3, 0.4) is 0 Å². The summed E-state index contributed by atoms with van der Waals surface area (Å²) < 4.78 is 44.6. The largest absolute Gasteiger partial charge is 0.391 e. The quantitative estimate of drug-likeness (QED) is 0.785.